The van der Waals surface area contributed by atoms with Gasteiger partial charge in [0, 0.05) is 0 Å². The molecule has 0 heterocycles. The van der Waals surface area contributed by atoms with Crippen molar-refractivity contribution in [2.45, 2.75) is 13.8 Å². The quantitative estimate of drug-likeness (QED) is 0.175. The van der Waals surface area contributed by atoms with Crippen LogP contribution < -0.4 is 15.5 Å². The average molecular weight is 484 g/mol. The van der Waals surface area contributed by atoms with Gasteiger partial charge in [-0.25, -0.2) is 10.2 Å². The van der Waals surface area contributed by atoms with Gasteiger partial charge >= 0.3 is 17.8 Å². The minimum Gasteiger partial charge on any atom is -0.423 e. The zero-order valence-electron chi connectivity index (χ0n) is 17.7. The fraction of sp³-hybridized carbons (Fsp3) is 0.0833. The van der Waals surface area contributed by atoms with Crippen LogP contribution in [-0.4, -0.2) is 23.5 Å². The molecule has 0 aliphatic carbocycles. The third kappa shape index (κ3) is 6.41. The summed E-state index contributed by atoms with van der Waals surface area (Å²) in [5.74, 6) is -2.03. The van der Waals surface area contributed by atoms with Gasteiger partial charge in [0.2, 0.25) is 0 Å². The lowest BCUT2D eigenvalue weighted by atomic mass is 10.1. The number of hydrogen-bond acceptors (Lipinski definition) is 5. The highest BCUT2D eigenvalue weighted by Gasteiger charge is 2.16. The van der Waals surface area contributed by atoms with Crippen LogP contribution in [0, 0.1) is 6.92 Å². The molecule has 0 fully saturated rings. The summed E-state index contributed by atoms with van der Waals surface area (Å²) in [7, 11) is 0. The summed E-state index contributed by atoms with van der Waals surface area (Å²) in [6.45, 7) is 3.54. The SMILES string of the molecule is C/C(=N\NC(=O)C(=O)Nc1cccc(Cl)c1Cl)c1ccc(OC(=O)c2cccc(C)c2)cc1. The fourth-order valence-corrected chi connectivity index (χ4v) is 3.08. The Morgan fingerprint density at radius 2 is 1.58 bits per heavy atom. The maximum absolute atomic E-state index is 12.3. The Morgan fingerprint density at radius 1 is 0.879 bits per heavy atom. The Morgan fingerprint density at radius 3 is 2.27 bits per heavy atom. The van der Waals surface area contributed by atoms with Gasteiger partial charge in [0.25, 0.3) is 0 Å². The van der Waals surface area contributed by atoms with Crippen LogP contribution in [0.25, 0.3) is 0 Å². The van der Waals surface area contributed by atoms with Gasteiger partial charge in [-0.1, -0.05) is 47.0 Å². The normalized spacial score (nSPS) is 11.0. The van der Waals surface area contributed by atoms with E-state index >= 15 is 0 Å². The second-order valence-electron chi connectivity index (χ2n) is 6.98. The number of carbonyl (C=O) groups excluding carboxylic acids is 3. The van der Waals surface area contributed by atoms with Gasteiger partial charge in [0.15, 0.2) is 0 Å². The van der Waals surface area contributed by atoms with Crippen LogP contribution in [0.5, 0.6) is 5.75 Å². The molecule has 0 aliphatic heterocycles. The number of amides is 2. The number of nitrogens with zero attached hydrogens (tertiary/aromatic N) is 1. The molecule has 7 nitrogen and oxygen atoms in total. The number of aryl methyl sites for hydroxylation is 1. The van der Waals surface area contributed by atoms with E-state index in [-0.39, 0.29) is 15.7 Å². The fourth-order valence-electron chi connectivity index (χ4n) is 2.73. The van der Waals surface area contributed by atoms with E-state index in [0.717, 1.165) is 5.56 Å². The lowest BCUT2D eigenvalue weighted by Crippen LogP contribution is -2.33. The molecule has 0 saturated heterocycles. The number of rotatable bonds is 5. The van der Waals surface area contributed by atoms with Crippen molar-refractivity contribution >= 4 is 52.4 Å². The Hall–Kier alpha value is -3.68. The lowest BCUT2D eigenvalue weighted by molar-refractivity contribution is -0.136. The highest BCUT2D eigenvalue weighted by Crippen LogP contribution is 2.29. The van der Waals surface area contributed by atoms with Crippen molar-refractivity contribution in [3.05, 3.63) is 93.5 Å². The first kappa shape index (κ1) is 24.0. The smallest absolute Gasteiger partial charge is 0.343 e. The number of halogens is 2. The summed E-state index contributed by atoms with van der Waals surface area (Å²) >= 11 is 11.9. The van der Waals surface area contributed by atoms with E-state index in [0.29, 0.717) is 22.6 Å². The molecule has 0 aliphatic rings. The maximum atomic E-state index is 12.3. The van der Waals surface area contributed by atoms with Crippen LogP contribution in [0.4, 0.5) is 5.69 Å². The third-order valence-corrected chi connectivity index (χ3v) is 5.29. The van der Waals surface area contributed by atoms with Gasteiger partial charge in [-0.2, -0.15) is 5.10 Å². The number of carbonyl (C=O) groups is 3. The van der Waals surface area contributed by atoms with Gasteiger partial charge in [0.05, 0.1) is 27.0 Å². The minimum atomic E-state index is -0.978. The Bertz CT molecular complexity index is 1240. The first-order valence-corrected chi connectivity index (χ1v) is 10.5. The van der Waals surface area contributed by atoms with E-state index in [1.165, 1.54) is 6.07 Å². The lowest BCUT2D eigenvalue weighted by Gasteiger charge is -2.08. The predicted octanol–water partition coefficient (Wildman–Crippen LogP) is 5.00. The molecular formula is C24H19Cl2N3O4. The van der Waals surface area contributed by atoms with Crippen molar-refractivity contribution in [2.24, 2.45) is 5.10 Å². The molecule has 0 atom stereocenters. The van der Waals surface area contributed by atoms with E-state index < -0.39 is 17.8 Å². The van der Waals surface area contributed by atoms with Crippen molar-refractivity contribution in [1.82, 2.24) is 5.43 Å². The molecule has 2 N–H and O–H groups in total. The number of benzene rings is 3. The molecule has 168 valence electrons. The van der Waals surface area contributed by atoms with E-state index in [1.807, 2.05) is 13.0 Å². The van der Waals surface area contributed by atoms with Gasteiger partial charge in [0.1, 0.15) is 5.75 Å². The summed E-state index contributed by atoms with van der Waals surface area (Å²) < 4.78 is 5.37. The second-order valence-corrected chi connectivity index (χ2v) is 7.76. The van der Waals surface area contributed by atoms with Crippen molar-refractivity contribution in [3.8, 4) is 5.75 Å². The molecule has 3 aromatic carbocycles. The van der Waals surface area contributed by atoms with Gasteiger partial charge in [-0.05, 0) is 67.9 Å². The molecule has 0 unspecified atom stereocenters. The van der Waals surface area contributed by atoms with Gasteiger partial charge < -0.3 is 10.1 Å². The number of hydrogen-bond donors (Lipinski definition) is 2. The second kappa shape index (κ2) is 10.8. The van der Waals surface area contributed by atoms with Crippen LogP contribution >= 0.6 is 23.2 Å². The third-order valence-electron chi connectivity index (χ3n) is 4.47. The number of ether oxygens (including phenoxy) is 1. The van der Waals surface area contributed by atoms with E-state index in [2.05, 4.69) is 15.8 Å². The topological polar surface area (TPSA) is 96.9 Å². The highest BCUT2D eigenvalue weighted by atomic mass is 35.5. The molecule has 3 aromatic rings. The Labute approximate surface area is 200 Å². The molecule has 0 bridgehead atoms. The molecular weight excluding hydrogens is 465 g/mol. The summed E-state index contributed by atoms with van der Waals surface area (Å²) in [5.41, 5.74) is 4.90. The largest absolute Gasteiger partial charge is 0.423 e. The molecule has 0 radical (unpaired) electrons. The van der Waals surface area contributed by atoms with Crippen LogP contribution in [0.1, 0.15) is 28.4 Å². The van der Waals surface area contributed by atoms with E-state index in [4.69, 9.17) is 27.9 Å². The summed E-state index contributed by atoms with van der Waals surface area (Å²) in [5, 5.41) is 6.68. The summed E-state index contributed by atoms with van der Waals surface area (Å²) in [6, 6.07) is 18.3. The van der Waals surface area contributed by atoms with Crippen molar-refractivity contribution in [2.75, 3.05) is 5.32 Å². The summed E-state index contributed by atoms with van der Waals surface area (Å²) in [4.78, 5) is 36.4. The van der Waals surface area contributed by atoms with Crippen LogP contribution in [0.3, 0.4) is 0 Å². The van der Waals surface area contributed by atoms with Crippen LogP contribution in [0.15, 0.2) is 71.8 Å². The number of anilines is 1. The first-order valence-electron chi connectivity index (χ1n) is 9.73. The minimum absolute atomic E-state index is 0.128. The average Bonchev–Trinajstić information content (AvgIpc) is 2.80. The Balaban J connectivity index is 1.59. The van der Waals surface area contributed by atoms with Crippen LogP contribution in [0.2, 0.25) is 10.0 Å². The molecule has 3 rings (SSSR count). The highest BCUT2D eigenvalue weighted by molar-refractivity contribution is 6.45. The monoisotopic (exact) mass is 483 g/mol. The number of esters is 1. The molecule has 2 amide bonds. The molecule has 33 heavy (non-hydrogen) atoms. The van der Waals surface area contributed by atoms with Crippen molar-refractivity contribution in [1.29, 1.82) is 0 Å². The summed E-state index contributed by atoms with van der Waals surface area (Å²) in [6.07, 6.45) is 0. The first-order chi connectivity index (χ1) is 15.7. The zero-order chi connectivity index (χ0) is 24.0. The molecule has 9 heteroatoms. The molecule has 0 spiro atoms. The standard InChI is InChI=1S/C24H19Cl2N3O4/c1-14-5-3-6-17(13-14)24(32)33-18-11-9-16(10-12-18)15(2)28-29-23(31)22(30)27-20-8-4-7-19(25)21(20)26/h3-13H,1-2H3,(H,27,30)(H,29,31)/b28-15+. The van der Waals surface area contributed by atoms with Crippen molar-refractivity contribution < 1.29 is 19.1 Å². The Kier molecular flexibility index (Phi) is 7.82. The van der Waals surface area contributed by atoms with Gasteiger partial charge in [-0.3, -0.25) is 9.59 Å². The van der Waals surface area contributed by atoms with Gasteiger partial charge in [-0.15, -0.1) is 0 Å². The van der Waals surface area contributed by atoms with E-state index in [9.17, 15) is 14.4 Å². The number of hydrazone groups is 1. The zero-order valence-corrected chi connectivity index (χ0v) is 19.2. The maximum Gasteiger partial charge on any atom is 0.343 e. The molecule has 0 saturated carbocycles. The number of nitrogens with one attached hydrogen (secondary N) is 2. The predicted molar refractivity (Wildman–Crippen MR) is 128 cm³/mol. The van der Waals surface area contributed by atoms with Crippen molar-refractivity contribution in [3.63, 3.8) is 0 Å². The van der Waals surface area contributed by atoms with Crippen LogP contribution in [-0.2, 0) is 9.59 Å². The van der Waals surface area contributed by atoms with E-state index in [1.54, 1.807) is 61.5 Å². The molecule has 0 aromatic heterocycles.